The molecule has 0 radical (unpaired) electrons. The highest BCUT2D eigenvalue weighted by Gasteiger charge is 2.08. The lowest BCUT2D eigenvalue weighted by Gasteiger charge is -2.14. The predicted octanol–water partition coefficient (Wildman–Crippen LogP) is -0.490. The molecule has 100 valence electrons. The summed E-state index contributed by atoms with van der Waals surface area (Å²) in [5.74, 6) is 0.705. The van der Waals surface area contributed by atoms with Gasteiger partial charge < -0.3 is 25.6 Å². The van der Waals surface area contributed by atoms with Crippen molar-refractivity contribution < 1.29 is 19.4 Å². The molecule has 18 heavy (non-hydrogen) atoms. The molecule has 0 aliphatic carbocycles. The van der Waals surface area contributed by atoms with Gasteiger partial charge in [-0.1, -0.05) is 12.1 Å². The summed E-state index contributed by atoms with van der Waals surface area (Å²) in [6, 6.07) is 7.17. The van der Waals surface area contributed by atoms with Crippen molar-refractivity contribution >= 4 is 5.91 Å². The maximum absolute atomic E-state index is 10.5. The third-order valence-corrected chi connectivity index (χ3v) is 2.18. The van der Waals surface area contributed by atoms with Gasteiger partial charge in [-0.15, -0.1) is 0 Å². The lowest BCUT2D eigenvalue weighted by Crippen LogP contribution is -2.36. The Labute approximate surface area is 106 Å². The van der Waals surface area contributed by atoms with E-state index >= 15 is 0 Å². The molecule has 0 aliphatic heterocycles. The van der Waals surface area contributed by atoms with Crippen LogP contribution in [0.3, 0.4) is 0 Å². The van der Waals surface area contributed by atoms with E-state index in [1.54, 1.807) is 19.2 Å². The van der Waals surface area contributed by atoms with Gasteiger partial charge in [-0.05, 0) is 12.1 Å². The number of amides is 1. The molecule has 1 aromatic carbocycles. The van der Waals surface area contributed by atoms with Crippen LogP contribution >= 0.6 is 0 Å². The van der Waals surface area contributed by atoms with E-state index in [-0.39, 0.29) is 19.7 Å². The van der Waals surface area contributed by atoms with Gasteiger partial charge in [0.1, 0.15) is 12.7 Å². The predicted molar refractivity (Wildman–Crippen MR) is 66.6 cm³/mol. The Morgan fingerprint density at radius 1 is 1.44 bits per heavy atom. The van der Waals surface area contributed by atoms with Crippen molar-refractivity contribution in [2.75, 3.05) is 26.8 Å². The minimum atomic E-state index is -0.728. The van der Waals surface area contributed by atoms with Crippen LogP contribution in [-0.4, -0.2) is 43.9 Å². The van der Waals surface area contributed by atoms with Gasteiger partial charge in [-0.25, -0.2) is 0 Å². The van der Waals surface area contributed by atoms with Crippen molar-refractivity contribution in [1.29, 1.82) is 0 Å². The van der Waals surface area contributed by atoms with Crippen LogP contribution in [0.15, 0.2) is 24.3 Å². The van der Waals surface area contributed by atoms with Crippen molar-refractivity contribution in [2.45, 2.75) is 6.10 Å². The summed E-state index contributed by atoms with van der Waals surface area (Å²) in [6.45, 7) is 0.371. The van der Waals surface area contributed by atoms with Crippen molar-refractivity contribution in [3.8, 4) is 11.5 Å². The number of primary amides is 1. The van der Waals surface area contributed by atoms with Gasteiger partial charge in [-0.2, -0.15) is 0 Å². The summed E-state index contributed by atoms with van der Waals surface area (Å²) in [5, 5.41) is 12.3. The number of carbonyl (C=O) groups is 1. The Bertz CT molecular complexity index is 384. The molecule has 0 saturated carbocycles. The van der Waals surface area contributed by atoms with E-state index in [1.807, 2.05) is 12.1 Å². The average molecular weight is 254 g/mol. The molecular formula is C12H18N2O4. The number of nitrogens with one attached hydrogen (secondary N) is 1. The van der Waals surface area contributed by atoms with Crippen LogP contribution < -0.4 is 20.5 Å². The maximum atomic E-state index is 10.5. The molecule has 0 aliphatic rings. The van der Waals surface area contributed by atoms with E-state index in [0.717, 1.165) is 0 Å². The molecule has 6 heteroatoms. The first-order valence-electron chi connectivity index (χ1n) is 5.56. The molecule has 0 heterocycles. The second-order valence-corrected chi connectivity index (χ2v) is 3.71. The van der Waals surface area contributed by atoms with Crippen LogP contribution in [0.25, 0.3) is 0 Å². The molecule has 4 N–H and O–H groups in total. The van der Waals surface area contributed by atoms with Crippen LogP contribution in [0.1, 0.15) is 0 Å². The van der Waals surface area contributed by atoms with Gasteiger partial charge >= 0.3 is 0 Å². The fourth-order valence-corrected chi connectivity index (χ4v) is 1.34. The molecule has 0 spiro atoms. The van der Waals surface area contributed by atoms with Crippen molar-refractivity contribution in [1.82, 2.24) is 5.32 Å². The van der Waals surface area contributed by atoms with Gasteiger partial charge in [0.15, 0.2) is 11.5 Å². The van der Waals surface area contributed by atoms with Crippen molar-refractivity contribution in [2.24, 2.45) is 5.73 Å². The third-order valence-electron chi connectivity index (χ3n) is 2.18. The lowest BCUT2D eigenvalue weighted by molar-refractivity contribution is -0.117. The number of ether oxygens (including phenoxy) is 2. The summed E-state index contributed by atoms with van der Waals surface area (Å²) >= 11 is 0. The third kappa shape index (κ3) is 5.03. The SMILES string of the molecule is COc1ccccc1OCC(O)CNCC(N)=O. The van der Waals surface area contributed by atoms with Gasteiger partial charge in [0.25, 0.3) is 0 Å². The molecule has 0 bridgehead atoms. The quantitative estimate of drug-likeness (QED) is 0.582. The first-order chi connectivity index (χ1) is 8.63. The fraction of sp³-hybridized carbons (Fsp3) is 0.417. The zero-order valence-corrected chi connectivity index (χ0v) is 10.3. The van der Waals surface area contributed by atoms with Crippen LogP contribution in [0.4, 0.5) is 0 Å². The molecule has 0 saturated heterocycles. The highest BCUT2D eigenvalue weighted by molar-refractivity contribution is 5.75. The topological polar surface area (TPSA) is 93.8 Å². The van der Waals surface area contributed by atoms with Crippen molar-refractivity contribution in [3.05, 3.63) is 24.3 Å². The number of methoxy groups -OCH3 is 1. The Hall–Kier alpha value is -1.79. The molecular weight excluding hydrogens is 236 g/mol. The van der Waals surface area contributed by atoms with Gasteiger partial charge in [-0.3, -0.25) is 4.79 Å². The zero-order chi connectivity index (χ0) is 13.4. The summed E-state index contributed by atoms with van der Waals surface area (Å²) in [5.41, 5.74) is 4.95. The molecule has 6 nitrogen and oxygen atoms in total. The maximum Gasteiger partial charge on any atom is 0.231 e. The second-order valence-electron chi connectivity index (χ2n) is 3.71. The van der Waals surface area contributed by atoms with E-state index in [0.29, 0.717) is 11.5 Å². The smallest absolute Gasteiger partial charge is 0.231 e. The van der Waals surface area contributed by atoms with E-state index in [4.69, 9.17) is 15.2 Å². The summed E-state index contributed by atoms with van der Waals surface area (Å²) in [7, 11) is 1.55. The number of para-hydroxylation sites is 2. The van der Waals surface area contributed by atoms with Gasteiger partial charge in [0, 0.05) is 6.54 Å². The molecule has 0 aromatic heterocycles. The zero-order valence-electron chi connectivity index (χ0n) is 10.3. The monoisotopic (exact) mass is 254 g/mol. The van der Waals surface area contributed by atoms with E-state index in [1.165, 1.54) is 0 Å². The Morgan fingerprint density at radius 3 is 2.72 bits per heavy atom. The molecule has 1 aromatic rings. The van der Waals surface area contributed by atoms with Gasteiger partial charge in [0.2, 0.25) is 5.91 Å². The standard InChI is InChI=1S/C12H18N2O4/c1-17-10-4-2-3-5-11(10)18-8-9(15)6-14-7-12(13)16/h2-5,9,14-15H,6-8H2,1H3,(H2,13,16). The first kappa shape index (κ1) is 14.3. The largest absolute Gasteiger partial charge is 0.493 e. The number of aliphatic hydroxyl groups is 1. The van der Waals surface area contributed by atoms with E-state index in [2.05, 4.69) is 5.32 Å². The van der Waals surface area contributed by atoms with E-state index < -0.39 is 12.0 Å². The normalized spacial score (nSPS) is 11.9. The van der Waals surface area contributed by atoms with Gasteiger partial charge in [0.05, 0.1) is 13.7 Å². The summed E-state index contributed by atoms with van der Waals surface area (Å²) < 4.78 is 10.5. The average Bonchev–Trinajstić information content (AvgIpc) is 2.36. The Kier molecular flexibility index (Phi) is 5.96. The number of hydrogen-bond acceptors (Lipinski definition) is 5. The van der Waals surface area contributed by atoms with Crippen LogP contribution in [0.5, 0.6) is 11.5 Å². The highest BCUT2D eigenvalue weighted by atomic mass is 16.5. The number of benzene rings is 1. The molecule has 1 atom stereocenters. The highest BCUT2D eigenvalue weighted by Crippen LogP contribution is 2.25. The minimum absolute atomic E-state index is 0.0335. The van der Waals surface area contributed by atoms with E-state index in [9.17, 15) is 9.90 Å². The van der Waals surface area contributed by atoms with Crippen LogP contribution in [0, 0.1) is 0 Å². The second kappa shape index (κ2) is 7.52. The Morgan fingerprint density at radius 2 is 2.11 bits per heavy atom. The number of hydrogen-bond donors (Lipinski definition) is 3. The Balaban J connectivity index is 2.33. The number of nitrogens with two attached hydrogens (primary N) is 1. The number of carbonyl (C=O) groups excluding carboxylic acids is 1. The molecule has 1 amide bonds. The molecule has 1 rings (SSSR count). The minimum Gasteiger partial charge on any atom is -0.493 e. The number of rotatable bonds is 8. The van der Waals surface area contributed by atoms with Crippen molar-refractivity contribution in [3.63, 3.8) is 0 Å². The number of aliphatic hydroxyl groups excluding tert-OH is 1. The van der Waals surface area contributed by atoms with Crippen LogP contribution in [-0.2, 0) is 4.79 Å². The lowest BCUT2D eigenvalue weighted by atomic mass is 10.3. The summed E-state index contributed by atoms with van der Waals surface area (Å²) in [6.07, 6.45) is -0.728. The molecule has 1 unspecified atom stereocenters. The first-order valence-corrected chi connectivity index (χ1v) is 5.56. The molecule has 0 fully saturated rings. The fourth-order valence-electron chi connectivity index (χ4n) is 1.34. The summed E-state index contributed by atoms with van der Waals surface area (Å²) in [4.78, 5) is 10.5. The van der Waals surface area contributed by atoms with Crippen LogP contribution in [0.2, 0.25) is 0 Å².